The smallest absolute Gasteiger partial charge is 0.243 e. The van der Waals surface area contributed by atoms with Crippen LogP contribution in [-0.4, -0.2) is 44.3 Å². The number of hydrogen-bond acceptors (Lipinski definition) is 4. The van der Waals surface area contributed by atoms with E-state index >= 15 is 0 Å². The maximum Gasteiger partial charge on any atom is 0.243 e. The number of sulfonamides is 1. The first-order valence-corrected chi connectivity index (χ1v) is 10.4. The Morgan fingerprint density at radius 3 is 2.44 bits per heavy atom. The van der Waals surface area contributed by atoms with Crippen molar-refractivity contribution in [3.63, 3.8) is 0 Å². The van der Waals surface area contributed by atoms with Crippen molar-refractivity contribution in [3.8, 4) is 0 Å². The fourth-order valence-electron chi connectivity index (χ4n) is 2.87. The Labute approximate surface area is 150 Å². The van der Waals surface area contributed by atoms with Crippen LogP contribution < -0.4 is 11.1 Å². The molecule has 7 heteroatoms. The summed E-state index contributed by atoms with van der Waals surface area (Å²) in [5.41, 5.74) is 6.60. The maximum atomic E-state index is 12.6. The topological polar surface area (TPSA) is 92.5 Å². The Bertz CT molecular complexity index is 651. The summed E-state index contributed by atoms with van der Waals surface area (Å²) in [5.74, 6) is -0.00864. The quantitative estimate of drug-likeness (QED) is 0.731. The molecule has 0 saturated carbocycles. The monoisotopic (exact) mass is 367 g/mol. The third-order valence-electron chi connectivity index (χ3n) is 4.44. The molecule has 0 radical (unpaired) electrons. The summed E-state index contributed by atoms with van der Waals surface area (Å²) in [7, 11) is -3.39. The molecule has 0 bridgehead atoms. The lowest BCUT2D eigenvalue weighted by atomic mass is 10.1. The Morgan fingerprint density at radius 1 is 1.20 bits per heavy atom. The minimum absolute atomic E-state index is 0.00864. The lowest BCUT2D eigenvalue weighted by molar-refractivity contribution is -0.121. The van der Waals surface area contributed by atoms with Gasteiger partial charge in [-0.1, -0.05) is 18.6 Å². The predicted octanol–water partition coefficient (Wildman–Crippen LogP) is 1.65. The van der Waals surface area contributed by atoms with E-state index in [0.29, 0.717) is 37.4 Å². The zero-order chi connectivity index (χ0) is 18.3. The first-order chi connectivity index (χ1) is 11.9. The summed E-state index contributed by atoms with van der Waals surface area (Å²) < 4.78 is 26.7. The van der Waals surface area contributed by atoms with E-state index in [1.165, 1.54) is 0 Å². The van der Waals surface area contributed by atoms with Crippen LogP contribution >= 0.6 is 0 Å². The molecule has 1 unspecified atom stereocenters. The van der Waals surface area contributed by atoms with Gasteiger partial charge in [-0.2, -0.15) is 4.31 Å². The predicted molar refractivity (Wildman–Crippen MR) is 98.6 cm³/mol. The van der Waals surface area contributed by atoms with E-state index in [1.54, 1.807) is 28.6 Å². The molecule has 1 saturated heterocycles. The zero-order valence-corrected chi connectivity index (χ0v) is 15.7. The molecule has 1 aliphatic heterocycles. The van der Waals surface area contributed by atoms with Crippen molar-refractivity contribution in [2.45, 2.75) is 56.4 Å². The third kappa shape index (κ3) is 6.09. The van der Waals surface area contributed by atoms with Gasteiger partial charge in [0.2, 0.25) is 15.9 Å². The normalized spacial score (nSPS) is 17.2. The van der Waals surface area contributed by atoms with Gasteiger partial charge in [-0.15, -0.1) is 0 Å². The van der Waals surface area contributed by atoms with Crippen LogP contribution in [0, 0.1) is 0 Å². The minimum atomic E-state index is -3.39. The number of carbonyl (C=O) groups excluding carboxylic acids is 1. The maximum absolute atomic E-state index is 12.6. The van der Waals surface area contributed by atoms with Gasteiger partial charge < -0.3 is 11.1 Å². The molecule has 2 rings (SSSR count). The van der Waals surface area contributed by atoms with Crippen LogP contribution in [0.3, 0.4) is 0 Å². The van der Waals surface area contributed by atoms with Crippen molar-refractivity contribution < 1.29 is 13.2 Å². The molecular formula is C18H29N3O3S. The molecule has 1 aromatic rings. The zero-order valence-electron chi connectivity index (χ0n) is 14.9. The summed E-state index contributed by atoms with van der Waals surface area (Å²) in [6.07, 6.45) is 4.68. The number of benzene rings is 1. The SMILES string of the molecule is CC(N)CCNC(=O)CCc1ccc(S(=O)(=O)N2CCCCC2)cc1. The van der Waals surface area contributed by atoms with Crippen molar-refractivity contribution in [2.75, 3.05) is 19.6 Å². The fraction of sp³-hybridized carbons (Fsp3) is 0.611. The highest BCUT2D eigenvalue weighted by atomic mass is 32.2. The summed E-state index contributed by atoms with van der Waals surface area (Å²) in [6, 6.07) is 6.97. The number of nitrogens with zero attached hydrogens (tertiary/aromatic N) is 1. The van der Waals surface area contributed by atoms with E-state index in [-0.39, 0.29) is 11.9 Å². The minimum Gasteiger partial charge on any atom is -0.356 e. The molecule has 3 N–H and O–H groups in total. The molecule has 6 nitrogen and oxygen atoms in total. The van der Waals surface area contributed by atoms with Crippen molar-refractivity contribution >= 4 is 15.9 Å². The first kappa shape index (κ1) is 19.9. The van der Waals surface area contributed by atoms with E-state index in [9.17, 15) is 13.2 Å². The number of rotatable bonds is 8. The van der Waals surface area contributed by atoms with Gasteiger partial charge in [0.05, 0.1) is 4.90 Å². The van der Waals surface area contributed by atoms with Crippen LogP contribution in [0.4, 0.5) is 0 Å². The van der Waals surface area contributed by atoms with Crippen LogP contribution in [0.15, 0.2) is 29.2 Å². The van der Waals surface area contributed by atoms with Crippen molar-refractivity contribution in [1.82, 2.24) is 9.62 Å². The van der Waals surface area contributed by atoms with Gasteiger partial charge in [-0.25, -0.2) is 8.42 Å². The fourth-order valence-corrected chi connectivity index (χ4v) is 4.39. The van der Waals surface area contributed by atoms with Gasteiger partial charge in [0.1, 0.15) is 0 Å². The van der Waals surface area contributed by atoms with Crippen molar-refractivity contribution in [3.05, 3.63) is 29.8 Å². The highest BCUT2D eigenvalue weighted by Gasteiger charge is 2.25. The van der Waals surface area contributed by atoms with Crippen LogP contribution in [-0.2, 0) is 21.2 Å². The molecule has 140 valence electrons. The molecule has 1 aromatic carbocycles. The lowest BCUT2D eigenvalue weighted by Crippen LogP contribution is -2.35. The molecule has 1 heterocycles. The molecule has 1 amide bonds. The number of aryl methyl sites for hydroxylation is 1. The molecule has 1 aliphatic rings. The van der Waals surface area contributed by atoms with E-state index < -0.39 is 10.0 Å². The highest BCUT2D eigenvalue weighted by molar-refractivity contribution is 7.89. The van der Waals surface area contributed by atoms with Gasteiger partial charge in [0.15, 0.2) is 0 Å². The van der Waals surface area contributed by atoms with E-state index in [1.807, 2.05) is 6.92 Å². The number of nitrogens with two attached hydrogens (primary N) is 1. The van der Waals surface area contributed by atoms with Crippen LogP contribution in [0.25, 0.3) is 0 Å². The van der Waals surface area contributed by atoms with Gasteiger partial charge >= 0.3 is 0 Å². The third-order valence-corrected chi connectivity index (χ3v) is 6.35. The number of piperidine rings is 1. The van der Waals surface area contributed by atoms with Gasteiger partial charge in [0, 0.05) is 32.1 Å². The molecule has 0 aliphatic carbocycles. The van der Waals surface area contributed by atoms with Crippen molar-refractivity contribution in [2.24, 2.45) is 5.73 Å². The number of amides is 1. The summed E-state index contributed by atoms with van der Waals surface area (Å²) >= 11 is 0. The Kier molecular flexibility index (Phi) is 7.40. The second-order valence-corrected chi connectivity index (χ2v) is 8.66. The van der Waals surface area contributed by atoms with Gasteiger partial charge in [-0.3, -0.25) is 4.79 Å². The van der Waals surface area contributed by atoms with Gasteiger partial charge in [-0.05, 0) is 50.3 Å². The molecule has 1 fully saturated rings. The molecule has 0 spiro atoms. The van der Waals surface area contributed by atoms with Crippen LogP contribution in [0.2, 0.25) is 0 Å². The van der Waals surface area contributed by atoms with Crippen molar-refractivity contribution in [1.29, 1.82) is 0 Å². The summed E-state index contributed by atoms with van der Waals surface area (Å²) in [4.78, 5) is 12.1. The molecule has 0 aromatic heterocycles. The average Bonchev–Trinajstić information content (AvgIpc) is 2.61. The largest absolute Gasteiger partial charge is 0.356 e. The van der Waals surface area contributed by atoms with E-state index in [2.05, 4.69) is 5.32 Å². The standard InChI is InChI=1S/C18H29N3O3S/c1-15(19)11-12-20-18(22)10-7-16-5-8-17(9-6-16)25(23,24)21-13-3-2-4-14-21/h5-6,8-9,15H,2-4,7,10-14,19H2,1H3,(H,20,22). The molecule has 1 atom stereocenters. The summed E-state index contributed by atoms with van der Waals surface area (Å²) in [6.45, 7) is 3.70. The van der Waals surface area contributed by atoms with Gasteiger partial charge in [0.25, 0.3) is 0 Å². The lowest BCUT2D eigenvalue weighted by Gasteiger charge is -2.25. The first-order valence-electron chi connectivity index (χ1n) is 9.01. The highest BCUT2D eigenvalue weighted by Crippen LogP contribution is 2.21. The Balaban J connectivity index is 1.86. The second kappa shape index (κ2) is 9.31. The number of carbonyl (C=O) groups is 1. The van der Waals surface area contributed by atoms with E-state index in [4.69, 9.17) is 5.73 Å². The number of hydrogen-bond donors (Lipinski definition) is 2. The number of nitrogens with one attached hydrogen (secondary N) is 1. The average molecular weight is 368 g/mol. The summed E-state index contributed by atoms with van der Waals surface area (Å²) in [5, 5.41) is 2.84. The Morgan fingerprint density at radius 2 is 1.84 bits per heavy atom. The molecular weight excluding hydrogens is 338 g/mol. The van der Waals surface area contributed by atoms with Crippen LogP contribution in [0.1, 0.15) is 44.6 Å². The molecule has 25 heavy (non-hydrogen) atoms. The van der Waals surface area contributed by atoms with Crippen LogP contribution in [0.5, 0.6) is 0 Å². The van der Waals surface area contributed by atoms with E-state index in [0.717, 1.165) is 31.2 Å². The Hall–Kier alpha value is -1.44. The second-order valence-electron chi connectivity index (χ2n) is 6.72.